The smallest absolute Gasteiger partial charge is 0.0713 e. The Hall–Kier alpha value is -14.4. The number of rotatable bonds is 13. The Labute approximate surface area is 651 Å². The van der Waals surface area contributed by atoms with Crippen LogP contribution in [0.3, 0.4) is 0 Å². The molecule has 112 heavy (non-hydrogen) atoms. The van der Waals surface area contributed by atoms with Crippen LogP contribution in [-0.2, 0) is 10.8 Å². The quantitative estimate of drug-likeness (QED) is 0.102. The minimum atomic E-state index is -0.640. The van der Waals surface area contributed by atoms with Crippen molar-refractivity contribution >= 4 is 89.5 Å². The van der Waals surface area contributed by atoms with Crippen molar-refractivity contribution in [3.8, 4) is 67.0 Å². The van der Waals surface area contributed by atoms with Crippen molar-refractivity contribution in [2.75, 3.05) is 0 Å². The summed E-state index contributed by atoms with van der Waals surface area (Å²) >= 11 is 0. The standard InChI is InChI=1S/C110H72N2/c1-5-25-87(26-6-1)109(88-27-7-2-8-28-88)101-69-83(79-47-41-73(42-48-79)37-39-75-45-63-107-99(65-75)97-33-17-19-35-105(97)111(107)91-57-51-77-21-13-15-23-81(77)67-91)53-59-93(101)95-61-55-85(71-103(95)109)86-56-62-96-94-60-54-84(70-102(94)110(104(96)72-86,89-29-9-3-10-30-89)90-31-11-4-12-32-90)80-49-43-74(44-50-80)38-40-76-46-64-108-100(66-76)98-34-18-20-36-106(98)112(108)92-58-52-78-22-14-16-24-82(78)68-92/h1-72H. The zero-order chi connectivity index (χ0) is 73.9. The Kier molecular flexibility index (Phi) is 15.1. The number of para-hydroxylation sites is 2. The van der Waals surface area contributed by atoms with Crippen molar-refractivity contribution in [2.24, 2.45) is 0 Å². The molecule has 0 N–H and O–H groups in total. The summed E-state index contributed by atoms with van der Waals surface area (Å²) in [5.41, 5.74) is 32.6. The van der Waals surface area contributed by atoms with Crippen LogP contribution < -0.4 is 0 Å². The fourth-order valence-electron chi connectivity index (χ4n) is 19.0. The number of nitrogens with zero attached hydrogens (tertiary/aromatic N) is 2. The number of hydrogen-bond donors (Lipinski definition) is 0. The molecule has 0 fully saturated rings. The van der Waals surface area contributed by atoms with Crippen LogP contribution in [0.2, 0.25) is 0 Å². The van der Waals surface area contributed by atoms with Gasteiger partial charge in [0.1, 0.15) is 0 Å². The van der Waals surface area contributed by atoms with E-state index in [0.29, 0.717) is 0 Å². The molecule has 0 unspecified atom stereocenters. The first kappa shape index (κ1) is 64.7. The predicted molar refractivity (Wildman–Crippen MR) is 472 cm³/mol. The maximum atomic E-state index is 2.52. The van der Waals surface area contributed by atoms with E-state index in [1.54, 1.807) is 0 Å². The molecule has 0 saturated carbocycles. The highest BCUT2D eigenvalue weighted by molar-refractivity contribution is 6.12. The van der Waals surface area contributed by atoms with E-state index in [1.807, 2.05) is 0 Å². The summed E-state index contributed by atoms with van der Waals surface area (Å²) < 4.78 is 4.81. The SMILES string of the molecule is C(=Cc1ccc2c(c1)c1ccccc1n2-c1ccc2ccccc2c1)c1ccc(-c2ccc3c(c2)C(c2ccccc2)(c2ccccc2)c2cc(-c4ccc5c(c4)C(c4ccccc4)(c4ccccc4)c4cc(-c6ccc(C=Cc7ccc8c(c7)c7ccccc7n8-c7ccc8ccccc8c7)cc6)ccc4-5)ccc2-3)cc1. The molecule has 0 spiro atoms. The summed E-state index contributed by atoms with van der Waals surface area (Å²) in [5, 5.41) is 9.93. The normalized spacial score (nSPS) is 13.2. The Bertz CT molecular complexity index is 6680. The lowest BCUT2D eigenvalue weighted by Crippen LogP contribution is -2.29. The molecule has 0 amide bonds. The molecule has 18 aromatic carbocycles. The molecule has 2 nitrogen and oxygen atoms in total. The first-order valence-electron chi connectivity index (χ1n) is 38.9. The first-order valence-corrected chi connectivity index (χ1v) is 38.9. The lowest BCUT2D eigenvalue weighted by Gasteiger charge is -2.35. The third kappa shape index (κ3) is 10.3. The van der Waals surface area contributed by atoms with E-state index in [9.17, 15) is 0 Å². The van der Waals surface area contributed by atoms with Gasteiger partial charge >= 0.3 is 0 Å². The van der Waals surface area contributed by atoms with Crippen LogP contribution in [-0.4, -0.2) is 9.13 Å². The first-order chi connectivity index (χ1) is 55.5. The summed E-state index contributed by atoms with van der Waals surface area (Å²) in [6, 6.07) is 154. The van der Waals surface area contributed by atoms with Gasteiger partial charge in [0.15, 0.2) is 0 Å². The van der Waals surface area contributed by atoms with Crippen LogP contribution in [0.4, 0.5) is 0 Å². The highest BCUT2D eigenvalue weighted by Crippen LogP contribution is 2.60. The molecule has 2 heteroatoms. The second-order valence-corrected chi connectivity index (χ2v) is 30.2. The summed E-state index contributed by atoms with van der Waals surface area (Å²) in [6.07, 6.45) is 8.99. The van der Waals surface area contributed by atoms with Crippen LogP contribution in [0, 0.1) is 0 Å². The number of aromatic nitrogens is 2. The van der Waals surface area contributed by atoms with E-state index >= 15 is 0 Å². The van der Waals surface area contributed by atoms with E-state index in [4.69, 9.17) is 0 Å². The van der Waals surface area contributed by atoms with Crippen molar-refractivity contribution in [3.05, 3.63) is 479 Å². The van der Waals surface area contributed by atoms with Crippen LogP contribution in [0.15, 0.2) is 413 Å². The Morgan fingerprint density at radius 1 is 0.179 bits per heavy atom. The van der Waals surface area contributed by atoms with Gasteiger partial charge in [-0.05, 0) is 229 Å². The molecule has 0 radical (unpaired) electrons. The topological polar surface area (TPSA) is 9.86 Å². The monoisotopic (exact) mass is 1420 g/mol. The van der Waals surface area contributed by atoms with Crippen LogP contribution in [0.1, 0.15) is 66.8 Å². The van der Waals surface area contributed by atoms with Gasteiger partial charge in [0, 0.05) is 32.9 Å². The van der Waals surface area contributed by atoms with Gasteiger partial charge in [0.05, 0.1) is 32.9 Å². The molecule has 2 aromatic heterocycles. The predicted octanol–water partition coefficient (Wildman–Crippen LogP) is 28.3. The summed E-state index contributed by atoms with van der Waals surface area (Å²) in [5.74, 6) is 0. The molecule has 2 aliphatic carbocycles. The lowest BCUT2D eigenvalue weighted by molar-refractivity contribution is 0.768. The third-order valence-electron chi connectivity index (χ3n) is 24.2. The molecule has 522 valence electrons. The molecule has 2 heterocycles. The minimum Gasteiger partial charge on any atom is -0.309 e. The van der Waals surface area contributed by atoms with Crippen molar-refractivity contribution in [3.63, 3.8) is 0 Å². The van der Waals surface area contributed by atoms with Crippen molar-refractivity contribution in [1.82, 2.24) is 9.13 Å². The second-order valence-electron chi connectivity index (χ2n) is 30.2. The van der Waals surface area contributed by atoms with E-state index in [2.05, 4.69) is 446 Å². The summed E-state index contributed by atoms with van der Waals surface area (Å²) in [7, 11) is 0. The highest BCUT2D eigenvalue weighted by Gasteiger charge is 2.48. The second kappa shape index (κ2) is 26.2. The van der Waals surface area contributed by atoms with E-state index in [0.717, 1.165) is 33.6 Å². The third-order valence-corrected chi connectivity index (χ3v) is 24.2. The van der Waals surface area contributed by atoms with E-state index in [-0.39, 0.29) is 0 Å². The average molecular weight is 1420 g/mol. The molecular weight excluding hydrogens is 1350 g/mol. The summed E-state index contributed by atoms with van der Waals surface area (Å²) in [4.78, 5) is 0. The maximum absolute atomic E-state index is 2.52. The van der Waals surface area contributed by atoms with Gasteiger partial charge in [-0.2, -0.15) is 0 Å². The van der Waals surface area contributed by atoms with Crippen LogP contribution >= 0.6 is 0 Å². The lowest BCUT2D eigenvalue weighted by atomic mass is 9.66. The average Bonchev–Trinajstić information content (AvgIpc) is 1.53. The largest absolute Gasteiger partial charge is 0.309 e. The molecule has 0 saturated heterocycles. The summed E-state index contributed by atoms with van der Waals surface area (Å²) in [6.45, 7) is 0. The Balaban J connectivity index is 0.597. The van der Waals surface area contributed by atoms with Crippen molar-refractivity contribution < 1.29 is 0 Å². The maximum Gasteiger partial charge on any atom is 0.0713 e. The molecule has 0 aliphatic heterocycles. The Morgan fingerprint density at radius 2 is 0.455 bits per heavy atom. The highest BCUT2D eigenvalue weighted by atomic mass is 15.0. The van der Waals surface area contributed by atoms with Gasteiger partial charge in [-0.25, -0.2) is 0 Å². The molecule has 0 bridgehead atoms. The van der Waals surface area contributed by atoms with Crippen molar-refractivity contribution in [2.45, 2.75) is 10.8 Å². The molecule has 20 aromatic rings. The number of benzene rings is 18. The van der Waals surface area contributed by atoms with Gasteiger partial charge in [0.2, 0.25) is 0 Å². The molecule has 2 aliphatic rings. The number of hydrogen-bond acceptors (Lipinski definition) is 0. The molecule has 22 rings (SSSR count). The Morgan fingerprint density at radius 3 is 0.812 bits per heavy atom. The molecular formula is C110H72N2. The minimum absolute atomic E-state index is 0.640. The van der Waals surface area contributed by atoms with Crippen LogP contribution in [0.25, 0.3) is 156 Å². The fraction of sp³-hybridized carbons (Fsp3) is 0.0182. The van der Waals surface area contributed by atoms with Gasteiger partial charge in [-0.1, -0.05) is 352 Å². The zero-order valence-electron chi connectivity index (χ0n) is 61.5. The fourth-order valence-corrected chi connectivity index (χ4v) is 19.0. The zero-order valence-corrected chi connectivity index (χ0v) is 61.5. The van der Waals surface area contributed by atoms with Gasteiger partial charge < -0.3 is 9.13 Å². The van der Waals surface area contributed by atoms with E-state index < -0.39 is 10.8 Å². The van der Waals surface area contributed by atoms with Crippen LogP contribution in [0.5, 0.6) is 0 Å². The van der Waals surface area contributed by atoms with E-state index in [1.165, 1.54) is 165 Å². The molecule has 0 atom stereocenters. The van der Waals surface area contributed by atoms with Gasteiger partial charge in [-0.15, -0.1) is 0 Å². The van der Waals surface area contributed by atoms with Crippen molar-refractivity contribution in [1.29, 1.82) is 0 Å². The van der Waals surface area contributed by atoms with Gasteiger partial charge in [-0.3, -0.25) is 0 Å². The number of fused-ring (bicyclic) bond motifs is 14. The van der Waals surface area contributed by atoms with Gasteiger partial charge in [0.25, 0.3) is 0 Å².